The Morgan fingerprint density at radius 2 is 2.03 bits per heavy atom. The van der Waals surface area contributed by atoms with Crippen LogP contribution in [0.25, 0.3) is 10.9 Å². The lowest BCUT2D eigenvalue weighted by molar-refractivity contribution is 0.0150. The summed E-state index contributed by atoms with van der Waals surface area (Å²) in [5.74, 6) is 0.615. The Bertz CT molecular complexity index is 952. The number of rotatable bonds is 3. The van der Waals surface area contributed by atoms with Crippen LogP contribution in [0, 0.1) is 3.57 Å². The van der Waals surface area contributed by atoms with Gasteiger partial charge in [0.1, 0.15) is 5.60 Å². The van der Waals surface area contributed by atoms with E-state index in [1.165, 1.54) is 0 Å². The van der Waals surface area contributed by atoms with Crippen molar-refractivity contribution in [2.75, 3.05) is 25.0 Å². The average molecular weight is 522 g/mol. The number of piperidine rings is 1. The van der Waals surface area contributed by atoms with Gasteiger partial charge in [0, 0.05) is 34.5 Å². The molecule has 8 nitrogen and oxygen atoms in total. The number of anilines is 1. The number of carbonyl (C=O) groups is 1. The molecule has 0 saturated carbocycles. The van der Waals surface area contributed by atoms with Crippen molar-refractivity contribution in [3.8, 4) is 0 Å². The number of carbonyl (C=O) groups excluding carboxylic acids is 1. The van der Waals surface area contributed by atoms with E-state index in [0.717, 1.165) is 33.9 Å². The SMILES string of the molecule is CC(C)(C)OC(=O)N1CCC(N2CC(Nc3ncc4cccc(I)c4n3)C=N2)CC1. The first-order chi connectivity index (χ1) is 14.3. The number of nitrogens with zero attached hydrogens (tertiary/aromatic N) is 5. The third kappa shape index (κ3) is 4.93. The number of benzene rings is 1. The predicted octanol–water partition coefficient (Wildman–Crippen LogP) is 3.72. The van der Waals surface area contributed by atoms with Crippen molar-refractivity contribution in [2.24, 2.45) is 5.10 Å². The molecule has 2 aliphatic heterocycles. The highest BCUT2D eigenvalue weighted by atomic mass is 127. The van der Waals surface area contributed by atoms with Crippen molar-refractivity contribution in [3.63, 3.8) is 0 Å². The number of hydrazone groups is 1. The minimum atomic E-state index is -0.463. The van der Waals surface area contributed by atoms with Crippen molar-refractivity contribution >= 4 is 51.7 Å². The summed E-state index contributed by atoms with van der Waals surface area (Å²) in [7, 11) is 0. The van der Waals surface area contributed by atoms with Crippen LogP contribution < -0.4 is 5.32 Å². The highest BCUT2D eigenvalue weighted by Crippen LogP contribution is 2.23. The first kappa shape index (κ1) is 21.1. The summed E-state index contributed by atoms with van der Waals surface area (Å²) in [6, 6.07) is 6.46. The molecule has 1 unspecified atom stereocenters. The summed E-state index contributed by atoms with van der Waals surface area (Å²) >= 11 is 2.30. The van der Waals surface area contributed by atoms with Gasteiger partial charge in [0.05, 0.1) is 24.1 Å². The van der Waals surface area contributed by atoms with E-state index in [0.29, 0.717) is 25.1 Å². The van der Waals surface area contributed by atoms with Crippen LogP contribution in [0.2, 0.25) is 0 Å². The van der Waals surface area contributed by atoms with Crippen LogP contribution >= 0.6 is 22.6 Å². The van der Waals surface area contributed by atoms with Crippen molar-refractivity contribution < 1.29 is 9.53 Å². The second kappa shape index (κ2) is 8.52. The van der Waals surface area contributed by atoms with Gasteiger partial charge >= 0.3 is 6.09 Å². The van der Waals surface area contributed by atoms with E-state index in [2.05, 4.69) is 48.0 Å². The van der Waals surface area contributed by atoms with Crippen LogP contribution in [-0.4, -0.2) is 69.5 Å². The molecule has 9 heteroatoms. The minimum Gasteiger partial charge on any atom is -0.444 e. The number of likely N-dealkylation sites (tertiary alicyclic amines) is 1. The van der Waals surface area contributed by atoms with Crippen molar-refractivity contribution in [1.29, 1.82) is 0 Å². The fourth-order valence-electron chi connectivity index (χ4n) is 3.72. The number of hydrogen-bond acceptors (Lipinski definition) is 7. The molecule has 1 fully saturated rings. The van der Waals surface area contributed by atoms with Gasteiger partial charge < -0.3 is 15.0 Å². The highest BCUT2D eigenvalue weighted by molar-refractivity contribution is 14.1. The number of amides is 1. The van der Waals surface area contributed by atoms with E-state index >= 15 is 0 Å². The zero-order valence-electron chi connectivity index (χ0n) is 17.5. The van der Waals surface area contributed by atoms with E-state index < -0.39 is 5.60 Å². The molecule has 1 aromatic carbocycles. The number of nitrogens with one attached hydrogen (secondary N) is 1. The van der Waals surface area contributed by atoms with Crippen molar-refractivity contribution in [1.82, 2.24) is 19.9 Å². The van der Waals surface area contributed by atoms with Crippen molar-refractivity contribution in [2.45, 2.75) is 51.3 Å². The molecule has 2 aliphatic rings. The first-order valence-electron chi connectivity index (χ1n) is 10.2. The Hall–Kier alpha value is -2.17. The van der Waals surface area contributed by atoms with Crippen molar-refractivity contribution in [3.05, 3.63) is 28.0 Å². The lowest BCUT2D eigenvalue weighted by Crippen LogP contribution is -2.47. The summed E-state index contributed by atoms with van der Waals surface area (Å²) in [6.45, 7) is 7.83. The Kier molecular flexibility index (Phi) is 5.99. The Morgan fingerprint density at radius 1 is 1.27 bits per heavy atom. The predicted molar refractivity (Wildman–Crippen MR) is 126 cm³/mol. The molecule has 1 saturated heterocycles. The number of halogens is 1. The average Bonchev–Trinajstić information content (AvgIpc) is 3.16. The van der Waals surface area contributed by atoms with Gasteiger partial charge in [-0.25, -0.2) is 14.8 Å². The smallest absolute Gasteiger partial charge is 0.410 e. The van der Waals surface area contributed by atoms with Gasteiger partial charge in [0.2, 0.25) is 5.95 Å². The van der Waals surface area contributed by atoms with Crippen LogP contribution in [0.5, 0.6) is 0 Å². The quantitative estimate of drug-likeness (QED) is 0.619. The molecule has 0 radical (unpaired) electrons. The maximum Gasteiger partial charge on any atom is 0.410 e. The lowest BCUT2D eigenvalue weighted by Gasteiger charge is -2.36. The fraction of sp³-hybridized carbons (Fsp3) is 0.524. The number of fused-ring (bicyclic) bond motifs is 1. The number of para-hydroxylation sites is 1. The van der Waals surface area contributed by atoms with Gasteiger partial charge in [-0.2, -0.15) is 5.10 Å². The fourth-order valence-corrected chi connectivity index (χ4v) is 4.36. The van der Waals surface area contributed by atoms with E-state index in [4.69, 9.17) is 4.74 Å². The van der Waals surface area contributed by atoms with Crippen LogP contribution in [0.3, 0.4) is 0 Å². The largest absolute Gasteiger partial charge is 0.444 e. The van der Waals surface area contributed by atoms with Gasteiger partial charge in [-0.15, -0.1) is 0 Å². The lowest BCUT2D eigenvalue weighted by atomic mass is 10.0. The van der Waals surface area contributed by atoms with Gasteiger partial charge in [-0.3, -0.25) is 5.01 Å². The van der Waals surface area contributed by atoms with Crippen LogP contribution in [0.15, 0.2) is 29.5 Å². The van der Waals surface area contributed by atoms with E-state index in [1.807, 2.05) is 51.4 Å². The molecule has 1 N–H and O–H groups in total. The molecule has 1 aromatic heterocycles. The standard InChI is InChI=1S/C21H27IN6O2/c1-21(2,3)30-20(29)27-9-7-16(8-10-27)28-13-15(12-24-28)25-19-23-11-14-5-4-6-17(22)18(14)26-19/h4-6,11-12,15-16H,7-10,13H2,1-3H3,(H,23,25,26). The second-order valence-electron chi connectivity index (χ2n) is 8.71. The summed E-state index contributed by atoms with van der Waals surface area (Å²) in [5.41, 5.74) is 0.492. The van der Waals surface area contributed by atoms with E-state index in [9.17, 15) is 4.79 Å². The highest BCUT2D eigenvalue weighted by Gasteiger charge is 2.31. The molecule has 2 aromatic rings. The monoisotopic (exact) mass is 522 g/mol. The van der Waals surface area contributed by atoms with Gasteiger partial charge in [0.15, 0.2) is 0 Å². The summed E-state index contributed by atoms with van der Waals surface area (Å²) in [5, 5.41) is 11.1. The molecular formula is C21H27IN6O2. The summed E-state index contributed by atoms with van der Waals surface area (Å²) < 4.78 is 6.59. The molecule has 0 bridgehead atoms. The first-order valence-corrected chi connectivity index (χ1v) is 11.3. The van der Waals surface area contributed by atoms with Gasteiger partial charge in [-0.05, 0) is 62.3 Å². The molecule has 3 heterocycles. The maximum absolute atomic E-state index is 12.3. The molecular weight excluding hydrogens is 495 g/mol. The molecule has 30 heavy (non-hydrogen) atoms. The number of aromatic nitrogens is 2. The van der Waals surface area contributed by atoms with Crippen LogP contribution in [-0.2, 0) is 4.74 Å². The Balaban J connectivity index is 1.30. The molecule has 160 valence electrons. The Labute approximate surface area is 190 Å². The van der Waals surface area contributed by atoms with Crippen LogP contribution in [0.4, 0.5) is 10.7 Å². The summed E-state index contributed by atoms with van der Waals surface area (Å²) in [4.78, 5) is 23.2. The van der Waals surface area contributed by atoms with Gasteiger partial charge in [-0.1, -0.05) is 12.1 Å². The zero-order valence-corrected chi connectivity index (χ0v) is 19.7. The molecule has 1 amide bonds. The third-order valence-electron chi connectivity index (χ3n) is 5.19. The molecule has 1 atom stereocenters. The third-order valence-corrected chi connectivity index (χ3v) is 6.06. The number of ether oxygens (including phenoxy) is 1. The Morgan fingerprint density at radius 3 is 2.77 bits per heavy atom. The molecule has 0 aliphatic carbocycles. The normalized spacial score (nSPS) is 20.1. The zero-order chi connectivity index (χ0) is 21.3. The maximum atomic E-state index is 12.3. The molecule has 4 rings (SSSR count). The van der Waals surface area contributed by atoms with E-state index in [-0.39, 0.29) is 12.1 Å². The number of hydrogen-bond donors (Lipinski definition) is 1. The van der Waals surface area contributed by atoms with E-state index in [1.54, 1.807) is 4.90 Å². The minimum absolute atomic E-state index is 0.0627. The second-order valence-corrected chi connectivity index (χ2v) is 9.87. The molecule has 0 spiro atoms. The summed E-state index contributed by atoms with van der Waals surface area (Å²) in [6.07, 6.45) is 5.31. The topological polar surface area (TPSA) is 83.0 Å². The van der Waals surface area contributed by atoms with Crippen LogP contribution in [0.1, 0.15) is 33.6 Å². The van der Waals surface area contributed by atoms with Gasteiger partial charge in [0.25, 0.3) is 0 Å².